The van der Waals surface area contributed by atoms with Gasteiger partial charge in [-0.3, -0.25) is 4.79 Å². The normalized spacial score (nSPS) is 22.5. The first-order valence-electron chi connectivity index (χ1n) is 7.33. The van der Waals surface area contributed by atoms with Crippen molar-refractivity contribution in [3.8, 4) is 0 Å². The summed E-state index contributed by atoms with van der Waals surface area (Å²) in [5.74, 6) is -0.126. The Bertz CT molecular complexity index is 645. The third kappa shape index (κ3) is 3.06. The molecule has 0 bridgehead atoms. The summed E-state index contributed by atoms with van der Waals surface area (Å²) in [6.45, 7) is 0.682. The molecule has 1 fully saturated rings. The number of benzene rings is 1. The molecule has 112 valence electrons. The zero-order valence-corrected chi connectivity index (χ0v) is 12.5. The fourth-order valence-electron chi connectivity index (χ4n) is 3.06. The van der Waals surface area contributed by atoms with E-state index in [2.05, 4.69) is 5.32 Å². The monoisotopic (exact) mass is 306 g/mol. The number of hydrogen-bond donors (Lipinski definition) is 2. The van der Waals surface area contributed by atoms with Crippen LogP contribution >= 0.6 is 11.6 Å². The van der Waals surface area contributed by atoms with Crippen molar-refractivity contribution in [3.63, 3.8) is 0 Å². The summed E-state index contributed by atoms with van der Waals surface area (Å²) in [4.78, 5) is 11.2. The van der Waals surface area contributed by atoms with Gasteiger partial charge in [0, 0.05) is 29.5 Å². The van der Waals surface area contributed by atoms with E-state index in [9.17, 15) is 4.79 Å². The van der Waals surface area contributed by atoms with E-state index in [4.69, 9.17) is 21.8 Å². The van der Waals surface area contributed by atoms with Gasteiger partial charge in [-0.1, -0.05) is 18.2 Å². The first kappa shape index (κ1) is 14.4. The molecule has 0 unspecified atom stereocenters. The van der Waals surface area contributed by atoms with Crippen LogP contribution in [0.25, 0.3) is 11.0 Å². The van der Waals surface area contributed by atoms with Crippen molar-refractivity contribution in [1.82, 2.24) is 5.32 Å². The molecular formula is C16H19ClN2O2. The number of para-hydroxylation sites is 1. The van der Waals surface area contributed by atoms with Gasteiger partial charge in [-0.25, -0.2) is 0 Å². The molecule has 4 nitrogen and oxygen atoms in total. The maximum atomic E-state index is 11.2. The van der Waals surface area contributed by atoms with Crippen molar-refractivity contribution in [3.05, 3.63) is 35.0 Å². The second-order valence-electron chi connectivity index (χ2n) is 5.68. The van der Waals surface area contributed by atoms with Crippen molar-refractivity contribution < 1.29 is 9.21 Å². The lowest BCUT2D eigenvalue weighted by Crippen LogP contribution is -2.36. The SMILES string of the molecule is NC(=O)C1CCC(NCc2c(Cl)oc3ccccc23)CC1. The quantitative estimate of drug-likeness (QED) is 0.911. The van der Waals surface area contributed by atoms with Crippen molar-refractivity contribution >= 4 is 28.5 Å². The molecule has 3 rings (SSSR count). The Morgan fingerprint density at radius 3 is 2.71 bits per heavy atom. The molecule has 0 radical (unpaired) electrons. The molecule has 5 heteroatoms. The average Bonchev–Trinajstić information content (AvgIpc) is 2.81. The van der Waals surface area contributed by atoms with E-state index in [1.807, 2.05) is 24.3 Å². The molecule has 21 heavy (non-hydrogen) atoms. The summed E-state index contributed by atoms with van der Waals surface area (Å²) in [5, 5.41) is 5.03. The topological polar surface area (TPSA) is 68.3 Å². The van der Waals surface area contributed by atoms with Gasteiger partial charge >= 0.3 is 0 Å². The minimum absolute atomic E-state index is 0.0430. The maximum absolute atomic E-state index is 11.2. The number of hydrogen-bond acceptors (Lipinski definition) is 3. The van der Waals surface area contributed by atoms with E-state index in [0.717, 1.165) is 42.2 Å². The van der Waals surface area contributed by atoms with Gasteiger partial charge in [0.2, 0.25) is 5.91 Å². The molecule has 1 amide bonds. The smallest absolute Gasteiger partial charge is 0.220 e. The Morgan fingerprint density at radius 2 is 2.00 bits per heavy atom. The summed E-state index contributed by atoms with van der Waals surface area (Å²) in [6.07, 6.45) is 3.68. The summed E-state index contributed by atoms with van der Waals surface area (Å²) in [5.41, 5.74) is 7.18. The van der Waals surface area contributed by atoms with Gasteiger partial charge in [-0.15, -0.1) is 0 Å². The minimum atomic E-state index is -0.169. The first-order valence-corrected chi connectivity index (χ1v) is 7.71. The van der Waals surface area contributed by atoms with Crippen LogP contribution in [-0.4, -0.2) is 11.9 Å². The van der Waals surface area contributed by atoms with E-state index in [-0.39, 0.29) is 11.8 Å². The molecule has 1 saturated carbocycles. The number of nitrogens with two attached hydrogens (primary N) is 1. The Labute approximate surface area is 128 Å². The van der Waals surface area contributed by atoms with Crippen LogP contribution in [0, 0.1) is 5.92 Å². The second-order valence-corrected chi connectivity index (χ2v) is 6.03. The van der Waals surface area contributed by atoms with Gasteiger partial charge < -0.3 is 15.5 Å². The van der Waals surface area contributed by atoms with Crippen molar-refractivity contribution in [2.24, 2.45) is 11.7 Å². The summed E-state index contributed by atoms with van der Waals surface area (Å²) in [7, 11) is 0. The third-order valence-corrected chi connectivity index (χ3v) is 4.65. The number of fused-ring (bicyclic) bond motifs is 1. The predicted octanol–water partition coefficient (Wildman–Crippen LogP) is 3.22. The standard InChI is InChI=1S/C16H19ClN2O2/c17-15-13(12-3-1-2-4-14(12)21-15)9-19-11-7-5-10(6-8-11)16(18)20/h1-4,10-11,19H,5-9H2,(H2,18,20). The maximum Gasteiger partial charge on any atom is 0.220 e. The lowest BCUT2D eigenvalue weighted by Gasteiger charge is -2.27. The number of primary amides is 1. The van der Waals surface area contributed by atoms with Gasteiger partial charge in [0.25, 0.3) is 0 Å². The largest absolute Gasteiger partial charge is 0.444 e. The summed E-state index contributed by atoms with van der Waals surface area (Å²) in [6, 6.07) is 8.26. The van der Waals surface area contributed by atoms with E-state index in [1.165, 1.54) is 0 Å². The Morgan fingerprint density at radius 1 is 1.29 bits per heavy atom. The van der Waals surface area contributed by atoms with Crippen molar-refractivity contribution in [2.45, 2.75) is 38.3 Å². The van der Waals surface area contributed by atoms with E-state index < -0.39 is 0 Å². The molecule has 0 saturated heterocycles. The summed E-state index contributed by atoms with van der Waals surface area (Å²) < 4.78 is 5.55. The van der Waals surface area contributed by atoms with Crippen molar-refractivity contribution in [2.75, 3.05) is 0 Å². The van der Waals surface area contributed by atoms with Gasteiger partial charge in [-0.2, -0.15) is 0 Å². The number of rotatable bonds is 4. The fourth-order valence-corrected chi connectivity index (χ4v) is 3.31. The van der Waals surface area contributed by atoms with Crippen LogP contribution in [0.3, 0.4) is 0 Å². The van der Waals surface area contributed by atoms with Crippen LogP contribution < -0.4 is 11.1 Å². The highest BCUT2D eigenvalue weighted by Crippen LogP contribution is 2.30. The average molecular weight is 307 g/mol. The zero-order valence-electron chi connectivity index (χ0n) is 11.8. The van der Waals surface area contributed by atoms with E-state index in [0.29, 0.717) is 17.8 Å². The predicted molar refractivity (Wildman–Crippen MR) is 83.0 cm³/mol. The van der Waals surface area contributed by atoms with Crippen LogP contribution in [0.2, 0.25) is 5.22 Å². The molecule has 0 spiro atoms. The Balaban J connectivity index is 1.62. The fraction of sp³-hybridized carbons (Fsp3) is 0.438. The number of carbonyl (C=O) groups is 1. The molecule has 2 aromatic rings. The van der Waals surface area contributed by atoms with Gasteiger partial charge in [0.05, 0.1) is 0 Å². The molecular weight excluding hydrogens is 288 g/mol. The van der Waals surface area contributed by atoms with Crippen LogP contribution in [0.1, 0.15) is 31.2 Å². The molecule has 1 aliphatic rings. The highest BCUT2D eigenvalue weighted by molar-refractivity contribution is 6.30. The molecule has 1 aliphatic carbocycles. The Hall–Kier alpha value is -1.52. The lowest BCUT2D eigenvalue weighted by atomic mass is 9.85. The number of carbonyl (C=O) groups excluding carboxylic acids is 1. The Kier molecular flexibility index (Phi) is 4.17. The van der Waals surface area contributed by atoms with Crippen LogP contribution in [-0.2, 0) is 11.3 Å². The minimum Gasteiger partial charge on any atom is -0.444 e. The molecule has 1 heterocycles. The van der Waals surface area contributed by atoms with E-state index >= 15 is 0 Å². The molecule has 3 N–H and O–H groups in total. The van der Waals surface area contributed by atoms with Gasteiger partial charge in [0.1, 0.15) is 5.58 Å². The van der Waals surface area contributed by atoms with Crippen LogP contribution in [0.4, 0.5) is 0 Å². The third-order valence-electron chi connectivity index (χ3n) is 4.35. The van der Waals surface area contributed by atoms with Crippen molar-refractivity contribution in [1.29, 1.82) is 0 Å². The van der Waals surface area contributed by atoms with Gasteiger partial charge in [0.15, 0.2) is 5.22 Å². The number of furan rings is 1. The van der Waals surface area contributed by atoms with Crippen LogP contribution in [0.5, 0.6) is 0 Å². The second kappa shape index (κ2) is 6.08. The van der Waals surface area contributed by atoms with Gasteiger partial charge in [-0.05, 0) is 43.4 Å². The molecule has 1 aromatic carbocycles. The number of amides is 1. The first-order chi connectivity index (χ1) is 10.1. The molecule has 1 aromatic heterocycles. The highest BCUT2D eigenvalue weighted by Gasteiger charge is 2.24. The van der Waals surface area contributed by atoms with Crippen LogP contribution in [0.15, 0.2) is 28.7 Å². The lowest BCUT2D eigenvalue weighted by molar-refractivity contribution is -0.122. The zero-order chi connectivity index (χ0) is 14.8. The van der Waals surface area contributed by atoms with E-state index in [1.54, 1.807) is 0 Å². The highest BCUT2D eigenvalue weighted by atomic mass is 35.5. The molecule has 0 atom stereocenters. The molecule has 0 aliphatic heterocycles. The summed E-state index contributed by atoms with van der Waals surface area (Å²) >= 11 is 6.18. The number of halogens is 1. The number of nitrogens with one attached hydrogen (secondary N) is 1.